The Labute approximate surface area is 136 Å². The van der Waals surface area contributed by atoms with E-state index in [1.807, 2.05) is 4.90 Å². The van der Waals surface area contributed by atoms with E-state index in [1.54, 1.807) is 18.2 Å². The second-order valence-corrected chi connectivity index (χ2v) is 6.81. The molecule has 0 aromatic heterocycles. The van der Waals surface area contributed by atoms with E-state index < -0.39 is 0 Å². The minimum absolute atomic E-state index is 0.0759. The third-order valence-electron chi connectivity index (χ3n) is 3.65. The Balaban J connectivity index is 2.20. The molecular formula is C16H22Cl2N2O. The zero-order valence-electron chi connectivity index (χ0n) is 12.5. The zero-order chi connectivity index (χ0) is 15.4. The molecule has 1 saturated heterocycles. The molecule has 0 radical (unpaired) electrons. The van der Waals surface area contributed by atoms with Gasteiger partial charge in [-0.05, 0) is 37.4 Å². The zero-order valence-corrected chi connectivity index (χ0v) is 14.0. The van der Waals surface area contributed by atoms with Crippen molar-refractivity contribution in [1.82, 2.24) is 10.2 Å². The highest BCUT2D eigenvalue weighted by Crippen LogP contribution is 2.26. The van der Waals surface area contributed by atoms with Gasteiger partial charge in [0.2, 0.25) is 0 Å². The van der Waals surface area contributed by atoms with Gasteiger partial charge >= 0.3 is 0 Å². The first-order chi connectivity index (χ1) is 9.99. The smallest absolute Gasteiger partial charge is 0.256 e. The predicted molar refractivity (Wildman–Crippen MR) is 88.2 cm³/mol. The predicted octanol–water partition coefficient (Wildman–Crippen LogP) is 3.84. The quantitative estimate of drug-likeness (QED) is 0.890. The lowest BCUT2D eigenvalue weighted by Crippen LogP contribution is -2.43. The van der Waals surface area contributed by atoms with Crippen LogP contribution in [0.3, 0.4) is 0 Å². The Morgan fingerprint density at radius 1 is 1.38 bits per heavy atom. The fourth-order valence-corrected chi connectivity index (χ4v) is 3.28. The van der Waals surface area contributed by atoms with Gasteiger partial charge in [0.25, 0.3) is 5.91 Å². The van der Waals surface area contributed by atoms with Gasteiger partial charge in [-0.1, -0.05) is 43.1 Å². The average Bonchev–Trinajstić information content (AvgIpc) is 2.90. The van der Waals surface area contributed by atoms with E-state index in [0.717, 1.165) is 13.0 Å². The number of hydrogen-bond acceptors (Lipinski definition) is 2. The Kier molecular flexibility index (Phi) is 5.91. The number of hydrogen-bond donors (Lipinski definition) is 1. The molecule has 116 valence electrons. The number of carbonyl (C=O) groups excluding carboxylic acids is 1. The van der Waals surface area contributed by atoms with Crippen LogP contribution in [0.5, 0.6) is 0 Å². The molecule has 0 spiro atoms. The maximum Gasteiger partial charge on any atom is 0.256 e. The summed E-state index contributed by atoms with van der Waals surface area (Å²) in [6.45, 7) is 6.66. The molecule has 1 unspecified atom stereocenters. The van der Waals surface area contributed by atoms with E-state index in [2.05, 4.69) is 19.2 Å². The van der Waals surface area contributed by atoms with Crippen LogP contribution in [-0.4, -0.2) is 36.5 Å². The van der Waals surface area contributed by atoms with Crippen molar-refractivity contribution in [3.05, 3.63) is 33.8 Å². The van der Waals surface area contributed by atoms with Crippen molar-refractivity contribution in [2.75, 3.05) is 19.6 Å². The Bertz CT molecular complexity index is 479. The monoisotopic (exact) mass is 328 g/mol. The summed E-state index contributed by atoms with van der Waals surface area (Å²) in [5, 5.41) is 4.27. The number of nitrogens with zero attached hydrogens (tertiary/aromatic N) is 1. The van der Waals surface area contributed by atoms with Gasteiger partial charge in [-0.3, -0.25) is 4.79 Å². The second kappa shape index (κ2) is 7.48. The van der Waals surface area contributed by atoms with Gasteiger partial charge < -0.3 is 10.2 Å². The van der Waals surface area contributed by atoms with Gasteiger partial charge in [0.15, 0.2) is 0 Å². The van der Waals surface area contributed by atoms with Gasteiger partial charge in [0, 0.05) is 19.1 Å². The molecule has 3 nitrogen and oxygen atoms in total. The molecule has 1 heterocycles. The van der Waals surface area contributed by atoms with E-state index >= 15 is 0 Å². The summed E-state index contributed by atoms with van der Waals surface area (Å²) in [5.41, 5.74) is 0.416. The van der Waals surface area contributed by atoms with Crippen molar-refractivity contribution in [3.63, 3.8) is 0 Å². The summed E-state index contributed by atoms with van der Waals surface area (Å²) < 4.78 is 0. The highest BCUT2D eigenvalue weighted by atomic mass is 35.5. The molecule has 1 aliphatic rings. The summed E-state index contributed by atoms with van der Waals surface area (Å²) in [7, 11) is 0. The van der Waals surface area contributed by atoms with E-state index in [0.29, 0.717) is 40.7 Å². The van der Waals surface area contributed by atoms with Crippen LogP contribution < -0.4 is 5.32 Å². The minimum atomic E-state index is -0.0759. The fraction of sp³-hybridized carbons (Fsp3) is 0.562. The van der Waals surface area contributed by atoms with Crippen LogP contribution in [0.1, 0.15) is 37.0 Å². The van der Waals surface area contributed by atoms with Crippen LogP contribution in [0, 0.1) is 5.92 Å². The van der Waals surface area contributed by atoms with Crippen molar-refractivity contribution in [2.45, 2.75) is 32.7 Å². The summed E-state index contributed by atoms with van der Waals surface area (Å²) in [6.07, 6.45) is 2.28. The van der Waals surface area contributed by atoms with Gasteiger partial charge in [-0.15, -0.1) is 0 Å². The lowest BCUT2D eigenvalue weighted by atomic mass is 10.1. The lowest BCUT2D eigenvalue weighted by Gasteiger charge is -2.28. The van der Waals surface area contributed by atoms with Crippen LogP contribution in [0.15, 0.2) is 18.2 Å². The van der Waals surface area contributed by atoms with Crippen molar-refractivity contribution < 1.29 is 4.79 Å². The fourth-order valence-electron chi connectivity index (χ4n) is 2.72. The van der Waals surface area contributed by atoms with Crippen LogP contribution in [0.25, 0.3) is 0 Å². The van der Waals surface area contributed by atoms with Gasteiger partial charge in [-0.25, -0.2) is 0 Å². The van der Waals surface area contributed by atoms with E-state index in [4.69, 9.17) is 23.2 Å². The summed E-state index contributed by atoms with van der Waals surface area (Å²) >= 11 is 12.3. The Morgan fingerprint density at radius 2 is 2.05 bits per heavy atom. The van der Waals surface area contributed by atoms with E-state index in [9.17, 15) is 4.79 Å². The van der Waals surface area contributed by atoms with Gasteiger partial charge in [-0.2, -0.15) is 0 Å². The summed E-state index contributed by atoms with van der Waals surface area (Å²) in [5.74, 6) is 0.324. The highest BCUT2D eigenvalue weighted by Gasteiger charge is 2.25. The Morgan fingerprint density at radius 3 is 2.57 bits per heavy atom. The van der Waals surface area contributed by atoms with Crippen molar-refractivity contribution >= 4 is 29.1 Å². The lowest BCUT2D eigenvalue weighted by molar-refractivity contribution is 0.0721. The molecule has 0 saturated carbocycles. The van der Waals surface area contributed by atoms with Gasteiger partial charge in [0.1, 0.15) is 0 Å². The first-order valence-corrected chi connectivity index (χ1v) is 8.21. The third-order valence-corrected chi connectivity index (χ3v) is 4.28. The maximum atomic E-state index is 12.8. The molecule has 21 heavy (non-hydrogen) atoms. The number of carbonyl (C=O) groups is 1. The first kappa shape index (κ1) is 16.6. The molecule has 1 N–H and O–H groups in total. The van der Waals surface area contributed by atoms with Crippen LogP contribution >= 0.6 is 23.2 Å². The van der Waals surface area contributed by atoms with Crippen molar-refractivity contribution in [1.29, 1.82) is 0 Å². The maximum absolute atomic E-state index is 12.8. The number of halogens is 2. The SMILES string of the molecule is CC(C)CN(CC1CCCN1)C(=O)c1c(Cl)cccc1Cl. The van der Waals surface area contributed by atoms with Crippen LogP contribution in [-0.2, 0) is 0 Å². The Hall–Kier alpha value is -0.770. The number of rotatable bonds is 5. The summed E-state index contributed by atoms with van der Waals surface area (Å²) in [6, 6.07) is 5.55. The number of benzene rings is 1. The van der Waals surface area contributed by atoms with E-state index in [-0.39, 0.29) is 5.91 Å². The second-order valence-electron chi connectivity index (χ2n) is 5.99. The van der Waals surface area contributed by atoms with Crippen molar-refractivity contribution in [3.8, 4) is 0 Å². The molecule has 1 amide bonds. The largest absolute Gasteiger partial charge is 0.337 e. The standard InChI is InChI=1S/C16H22Cl2N2O/c1-11(2)9-20(10-12-5-4-8-19-12)16(21)15-13(17)6-3-7-14(15)18/h3,6-7,11-12,19H,4-5,8-10H2,1-2H3. The molecule has 1 fully saturated rings. The minimum Gasteiger partial charge on any atom is -0.337 e. The number of amides is 1. The highest BCUT2D eigenvalue weighted by molar-refractivity contribution is 6.39. The molecule has 1 aromatic carbocycles. The molecule has 1 aliphatic heterocycles. The van der Waals surface area contributed by atoms with Crippen molar-refractivity contribution in [2.24, 2.45) is 5.92 Å². The van der Waals surface area contributed by atoms with Gasteiger partial charge in [0.05, 0.1) is 15.6 Å². The first-order valence-electron chi connectivity index (χ1n) is 7.45. The average molecular weight is 329 g/mol. The van der Waals surface area contributed by atoms with Crippen LogP contribution in [0.4, 0.5) is 0 Å². The topological polar surface area (TPSA) is 32.3 Å². The molecular weight excluding hydrogens is 307 g/mol. The molecule has 0 bridgehead atoms. The molecule has 0 aliphatic carbocycles. The molecule has 2 rings (SSSR count). The molecule has 1 atom stereocenters. The third kappa shape index (κ3) is 4.35. The summed E-state index contributed by atoms with van der Waals surface area (Å²) in [4.78, 5) is 14.7. The van der Waals surface area contributed by atoms with Crippen LogP contribution in [0.2, 0.25) is 10.0 Å². The molecule has 5 heteroatoms. The van der Waals surface area contributed by atoms with E-state index in [1.165, 1.54) is 6.42 Å². The normalized spacial score (nSPS) is 18.2. The number of nitrogens with one attached hydrogen (secondary N) is 1. The molecule has 1 aromatic rings.